The van der Waals surface area contributed by atoms with Crippen LogP contribution in [-0.4, -0.2) is 54.2 Å². The topological polar surface area (TPSA) is 83.6 Å². The van der Waals surface area contributed by atoms with Crippen LogP contribution in [0.2, 0.25) is 0 Å². The van der Waals surface area contributed by atoms with E-state index in [0.29, 0.717) is 24.8 Å². The molecule has 2 N–H and O–H groups in total. The van der Waals surface area contributed by atoms with Crippen LogP contribution in [0, 0.1) is 5.92 Å². The summed E-state index contributed by atoms with van der Waals surface area (Å²) in [5.41, 5.74) is 0. The maximum absolute atomic E-state index is 12.3. The number of nitrogens with zero attached hydrogens (tertiary/aromatic N) is 2. The largest absolute Gasteiger partial charge is 0.376 e. The smallest absolute Gasteiger partial charge is 0.317 e. The summed E-state index contributed by atoms with van der Waals surface area (Å²) in [6.07, 6.45) is 5.48. The van der Waals surface area contributed by atoms with E-state index in [0.717, 1.165) is 32.3 Å². The number of piperidine rings is 1. The van der Waals surface area contributed by atoms with Crippen molar-refractivity contribution in [2.75, 3.05) is 31.6 Å². The van der Waals surface area contributed by atoms with Crippen LogP contribution in [0.15, 0.2) is 11.6 Å². The van der Waals surface area contributed by atoms with Crippen LogP contribution < -0.4 is 10.6 Å². The third-order valence-electron chi connectivity index (χ3n) is 4.25. The number of amides is 3. The molecular weight excluding hydrogens is 316 g/mol. The lowest BCUT2D eigenvalue weighted by Gasteiger charge is -2.32. The van der Waals surface area contributed by atoms with E-state index in [1.54, 1.807) is 11.1 Å². The molecule has 3 heterocycles. The van der Waals surface area contributed by atoms with Gasteiger partial charge in [0.15, 0.2) is 5.13 Å². The number of ether oxygens (including phenoxy) is 1. The molecule has 0 bridgehead atoms. The Morgan fingerprint density at radius 3 is 3.04 bits per heavy atom. The Morgan fingerprint density at radius 1 is 1.39 bits per heavy atom. The van der Waals surface area contributed by atoms with Gasteiger partial charge in [-0.05, 0) is 25.7 Å². The first-order chi connectivity index (χ1) is 11.2. The number of likely N-dealkylation sites (tertiary alicyclic amines) is 1. The molecule has 3 amide bonds. The second-order valence-electron chi connectivity index (χ2n) is 5.93. The van der Waals surface area contributed by atoms with Gasteiger partial charge in [-0.15, -0.1) is 11.3 Å². The van der Waals surface area contributed by atoms with Crippen molar-refractivity contribution in [3.63, 3.8) is 0 Å². The monoisotopic (exact) mass is 338 g/mol. The van der Waals surface area contributed by atoms with Gasteiger partial charge in [-0.25, -0.2) is 9.78 Å². The lowest BCUT2D eigenvalue weighted by molar-refractivity contribution is -0.121. The highest BCUT2D eigenvalue weighted by atomic mass is 32.1. The molecule has 0 saturated carbocycles. The quantitative estimate of drug-likeness (QED) is 0.875. The van der Waals surface area contributed by atoms with Gasteiger partial charge in [0.05, 0.1) is 12.0 Å². The van der Waals surface area contributed by atoms with Gasteiger partial charge >= 0.3 is 6.03 Å². The Hall–Kier alpha value is -1.67. The number of carbonyl (C=O) groups excluding carboxylic acids is 2. The van der Waals surface area contributed by atoms with E-state index in [1.807, 2.05) is 5.38 Å². The minimum absolute atomic E-state index is 0.0587. The lowest BCUT2D eigenvalue weighted by atomic mass is 9.97. The van der Waals surface area contributed by atoms with Crippen molar-refractivity contribution in [3.05, 3.63) is 11.6 Å². The van der Waals surface area contributed by atoms with Crippen molar-refractivity contribution >= 4 is 28.4 Å². The molecule has 126 valence electrons. The molecule has 3 rings (SSSR count). The van der Waals surface area contributed by atoms with E-state index >= 15 is 0 Å². The van der Waals surface area contributed by atoms with Crippen molar-refractivity contribution in [1.82, 2.24) is 15.2 Å². The summed E-state index contributed by atoms with van der Waals surface area (Å²) >= 11 is 1.39. The highest BCUT2D eigenvalue weighted by Gasteiger charge is 2.29. The highest BCUT2D eigenvalue weighted by molar-refractivity contribution is 7.13. The van der Waals surface area contributed by atoms with E-state index in [2.05, 4.69) is 15.6 Å². The molecule has 0 radical (unpaired) electrons. The summed E-state index contributed by atoms with van der Waals surface area (Å²) in [6.45, 7) is 2.47. The maximum atomic E-state index is 12.3. The third-order valence-corrected chi connectivity index (χ3v) is 4.94. The summed E-state index contributed by atoms with van der Waals surface area (Å²) in [6, 6.07) is -0.104. The van der Waals surface area contributed by atoms with Gasteiger partial charge in [0, 0.05) is 37.8 Å². The first-order valence-electron chi connectivity index (χ1n) is 8.07. The molecule has 7 nitrogen and oxygen atoms in total. The van der Waals surface area contributed by atoms with Crippen molar-refractivity contribution < 1.29 is 14.3 Å². The highest BCUT2D eigenvalue weighted by Crippen LogP contribution is 2.20. The Labute approximate surface area is 139 Å². The van der Waals surface area contributed by atoms with Gasteiger partial charge in [-0.2, -0.15) is 0 Å². The maximum Gasteiger partial charge on any atom is 0.317 e. The van der Waals surface area contributed by atoms with E-state index in [4.69, 9.17) is 4.74 Å². The van der Waals surface area contributed by atoms with Crippen LogP contribution in [0.4, 0.5) is 9.93 Å². The molecule has 2 fully saturated rings. The molecule has 2 aliphatic heterocycles. The Balaban J connectivity index is 1.46. The van der Waals surface area contributed by atoms with Gasteiger partial charge < -0.3 is 20.3 Å². The molecule has 1 aromatic rings. The molecule has 23 heavy (non-hydrogen) atoms. The molecule has 1 aromatic heterocycles. The van der Waals surface area contributed by atoms with Crippen LogP contribution in [0.25, 0.3) is 0 Å². The SMILES string of the molecule is O=C(Nc1nccs1)[C@H]1CCCN(C(=O)NC[C@@H]2CCCO2)C1. The first kappa shape index (κ1) is 16.2. The number of hydrogen-bond donors (Lipinski definition) is 2. The zero-order valence-corrected chi connectivity index (χ0v) is 13.8. The molecule has 2 aliphatic rings. The summed E-state index contributed by atoms with van der Waals surface area (Å²) in [5, 5.41) is 8.16. The Bertz CT molecular complexity index is 531. The lowest BCUT2D eigenvalue weighted by Crippen LogP contribution is -2.49. The minimum Gasteiger partial charge on any atom is -0.376 e. The van der Waals surface area contributed by atoms with Crippen molar-refractivity contribution in [2.45, 2.75) is 31.8 Å². The predicted octanol–water partition coefficient (Wildman–Crippen LogP) is 1.68. The zero-order chi connectivity index (χ0) is 16.1. The fourth-order valence-corrected chi connectivity index (χ4v) is 3.52. The number of hydrogen-bond acceptors (Lipinski definition) is 5. The number of aromatic nitrogens is 1. The van der Waals surface area contributed by atoms with Gasteiger partial charge in [-0.3, -0.25) is 4.79 Å². The summed E-state index contributed by atoms with van der Waals surface area (Å²) in [5.74, 6) is -0.238. The first-order valence-corrected chi connectivity index (χ1v) is 8.95. The summed E-state index contributed by atoms with van der Waals surface area (Å²) < 4.78 is 5.51. The molecule has 8 heteroatoms. The van der Waals surface area contributed by atoms with Crippen molar-refractivity contribution in [1.29, 1.82) is 0 Å². The van der Waals surface area contributed by atoms with Crippen molar-refractivity contribution in [2.24, 2.45) is 5.92 Å². The second kappa shape index (κ2) is 7.74. The molecule has 0 unspecified atom stereocenters. The average molecular weight is 338 g/mol. The molecule has 0 aliphatic carbocycles. The normalized spacial score (nSPS) is 24.4. The van der Waals surface area contributed by atoms with Gasteiger partial charge in [0.25, 0.3) is 0 Å². The minimum atomic E-state index is -0.180. The number of urea groups is 1. The van der Waals surface area contributed by atoms with E-state index < -0.39 is 0 Å². The number of anilines is 1. The Morgan fingerprint density at radius 2 is 2.30 bits per heavy atom. The van der Waals surface area contributed by atoms with Crippen LogP contribution in [0.1, 0.15) is 25.7 Å². The van der Waals surface area contributed by atoms with Crippen LogP contribution in [0.5, 0.6) is 0 Å². The second-order valence-corrected chi connectivity index (χ2v) is 6.83. The Kier molecular flexibility index (Phi) is 5.45. The van der Waals surface area contributed by atoms with Crippen LogP contribution in [0.3, 0.4) is 0 Å². The average Bonchev–Trinajstić information content (AvgIpc) is 3.26. The molecule has 0 spiro atoms. The van der Waals surface area contributed by atoms with Crippen molar-refractivity contribution in [3.8, 4) is 0 Å². The van der Waals surface area contributed by atoms with Gasteiger partial charge in [0.1, 0.15) is 0 Å². The summed E-state index contributed by atoms with van der Waals surface area (Å²) in [7, 11) is 0. The predicted molar refractivity (Wildman–Crippen MR) is 87.4 cm³/mol. The fraction of sp³-hybridized carbons (Fsp3) is 0.667. The van der Waals surface area contributed by atoms with Gasteiger partial charge in [0.2, 0.25) is 5.91 Å². The van der Waals surface area contributed by atoms with Gasteiger partial charge in [-0.1, -0.05) is 0 Å². The molecular formula is C15H22N4O3S. The van der Waals surface area contributed by atoms with E-state index in [9.17, 15) is 9.59 Å². The number of carbonyl (C=O) groups is 2. The van der Waals surface area contributed by atoms with E-state index in [1.165, 1.54) is 11.3 Å². The van der Waals surface area contributed by atoms with E-state index in [-0.39, 0.29) is 24.0 Å². The number of thiazole rings is 1. The molecule has 2 atom stereocenters. The zero-order valence-electron chi connectivity index (χ0n) is 13.0. The third kappa shape index (κ3) is 4.42. The number of rotatable bonds is 4. The van der Waals surface area contributed by atoms with Crippen LogP contribution >= 0.6 is 11.3 Å². The molecule has 0 aromatic carbocycles. The van der Waals surface area contributed by atoms with Crippen LogP contribution in [-0.2, 0) is 9.53 Å². The fourth-order valence-electron chi connectivity index (χ4n) is 2.99. The summed E-state index contributed by atoms with van der Waals surface area (Å²) in [4.78, 5) is 30.3. The number of nitrogens with one attached hydrogen (secondary N) is 2. The molecule has 2 saturated heterocycles. The standard InChI is InChI=1S/C15H22N4O3S/c20-13(18-14-16-5-8-23-14)11-3-1-6-19(10-11)15(21)17-9-12-4-2-7-22-12/h5,8,11-12H,1-4,6-7,9-10H2,(H,17,21)(H,16,18,20)/t11-,12-/m0/s1.